The van der Waals surface area contributed by atoms with E-state index in [4.69, 9.17) is 18.9 Å². The van der Waals surface area contributed by atoms with Crippen molar-refractivity contribution in [3.63, 3.8) is 0 Å². The van der Waals surface area contributed by atoms with Gasteiger partial charge in [0, 0.05) is 12.8 Å². The number of quaternary nitrogens is 1. The molecule has 0 aromatic carbocycles. The van der Waals surface area contributed by atoms with Crippen LogP contribution in [0.1, 0.15) is 245 Å². The van der Waals surface area contributed by atoms with Gasteiger partial charge in [0.05, 0.1) is 34.4 Å². The van der Waals surface area contributed by atoms with Crippen molar-refractivity contribution < 1.29 is 42.9 Å². The molecule has 1 N–H and O–H groups in total. The van der Waals surface area contributed by atoms with Crippen LogP contribution in [-0.2, 0) is 33.3 Å². The molecule has 0 heterocycles. The largest absolute Gasteiger partial charge is 0.477 e. The number of esters is 2. The number of carbonyl (C=O) groups excluding carboxylic acids is 2. The minimum Gasteiger partial charge on any atom is -0.477 e. The van der Waals surface area contributed by atoms with E-state index in [9.17, 15) is 19.5 Å². The molecule has 0 fully saturated rings. The van der Waals surface area contributed by atoms with E-state index in [2.05, 4.69) is 184 Å². The highest BCUT2D eigenvalue weighted by atomic mass is 16.7. The molecule has 0 aliphatic heterocycles. The summed E-state index contributed by atoms with van der Waals surface area (Å²) in [6.45, 7) is 4.57. The second-order valence-corrected chi connectivity index (χ2v) is 23.4. The molecule has 2 atom stereocenters. The maximum absolute atomic E-state index is 12.9. The Bertz CT molecular complexity index is 2030. The number of allylic oxidation sites excluding steroid dienone is 28. The van der Waals surface area contributed by atoms with Crippen LogP contribution >= 0.6 is 0 Å². The molecule has 0 rings (SSSR count). The van der Waals surface area contributed by atoms with Crippen molar-refractivity contribution in [2.24, 2.45) is 0 Å². The Morgan fingerprint density at radius 2 is 0.632 bits per heavy atom. The van der Waals surface area contributed by atoms with E-state index in [1.807, 2.05) is 21.1 Å². The monoisotopic (exact) mass is 1200 g/mol. The first-order chi connectivity index (χ1) is 42.6. The van der Waals surface area contributed by atoms with Gasteiger partial charge in [-0.15, -0.1) is 0 Å². The lowest BCUT2D eigenvalue weighted by molar-refractivity contribution is -0.870. The number of unbranched alkanes of at least 4 members (excludes halogenated alkanes) is 18. The first-order valence-electron chi connectivity index (χ1n) is 34.3. The van der Waals surface area contributed by atoms with E-state index in [1.54, 1.807) is 0 Å². The van der Waals surface area contributed by atoms with Gasteiger partial charge >= 0.3 is 17.9 Å². The Labute approximate surface area is 533 Å². The van der Waals surface area contributed by atoms with Crippen LogP contribution in [0.25, 0.3) is 0 Å². The van der Waals surface area contributed by atoms with E-state index in [0.717, 1.165) is 116 Å². The third-order valence-electron chi connectivity index (χ3n) is 14.0. The van der Waals surface area contributed by atoms with Gasteiger partial charge in [-0.05, 0) is 122 Å². The fourth-order valence-corrected chi connectivity index (χ4v) is 8.81. The highest BCUT2D eigenvalue weighted by molar-refractivity contribution is 5.71. The van der Waals surface area contributed by atoms with Gasteiger partial charge in [-0.25, -0.2) is 4.79 Å². The average Bonchev–Trinajstić information content (AvgIpc) is 3.55. The normalized spacial score (nSPS) is 13.8. The summed E-state index contributed by atoms with van der Waals surface area (Å²) in [5.74, 6) is -2.10. The van der Waals surface area contributed by atoms with E-state index in [0.29, 0.717) is 23.9 Å². The summed E-state index contributed by atoms with van der Waals surface area (Å²) >= 11 is 0. The van der Waals surface area contributed by atoms with Crippen LogP contribution in [0.3, 0.4) is 0 Å². The number of likely N-dealkylation sites (N-methyl/N-ethyl adjacent to an activating group) is 1. The van der Waals surface area contributed by atoms with Gasteiger partial charge in [-0.1, -0.05) is 280 Å². The Hall–Kier alpha value is -5.35. The van der Waals surface area contributed by atoms with Crippen LogP contribution in [0.15, 0.2) is 170 Å². The molecule has 0 aliphatic carbocycles. The third-order valence-corrected chi connectivity index (χ3v) is 14.0. The van der Waals surface area contributed by atoms with E-state index in [1.165, 1.54) is 89.9 Å². The van der Waals surface area contributed by atoms with E-state index >= 15 is 0 Å². The smallest absolute Gasteiger partial charge is 0.361 e. The van der Waals surface area contributed by atoms with Crippen LogP contribution in [0.2, 0.25) is 0 Å². The molecule has 0 aliphatic rings. The lowest BCUT2D eigenvalue weighted by Crippen LogP contribution is -2.40. The molecular formula is C78H126NO8+. The second kappa shape index (κ2) is 66.6. The number of nitrogens with zero attached hydrogens (tertiary/aromatic N) is 1. The summed E-state index contributed by atoms with van der Waals surface area (Å²) in [6.07, 6.45) is 97.6. The fraction of sp³-hybridized carbons (Fsp3) is 0.603. The van der Waals surface area contributed by atoms with E-state index < -0.39 is 30.3 Å². The summed E-state index contributed by atoms with van der Waals surface area (Å²) in [6, 6.07) is 0. The molecule has 0 saturated heterocycles. The van der Waals surface area contributed by atoms with Crippen molar-refractivity contribution in [1.82, 2.24) is 0 Å². The minimum atomic E-state index is -1.53. The number of hydrogen-bond acceptors (Lipinski definition) is 7. The molecule has 0 aromatic rings. The van der Waals surface area contributed by atoms with Gasteiger partial charge < -0.3 is 28.5 Å². The highest BCUT2D eigenvalue weighted by Crippen LogP contribution is 2.16. The van der Waals surface area contributed by atoms with Crippen molar-refractivity contribution >= 4 is 17.9 Å². The summed E-state index contributed by atoms with van der Waals surface area (Å²) < 4.78 is 22.9. The highest BCUT2D eigenvalue weighted by Gasteiger charge is 2.25. The summed E-state index contributed by atoms with van der Waals surface area (Å²) in [5, 5.41) is 9.74. The zero-order valence-electron chi connectivity index (χ0n) is 55.9. The number of carbonyl (C=O) groups is 3. The van der Waals surface area contributed by atoms with Crippen LogP contribution < -0.4 is 0 Å². The van der Waals surface area contributed by atoms with Gasteiger partial charge in [0.15, 0.2) is 6.10 Å². The molecule has 9 heteroatoms. The van der Waals surface area contributed by atoms with E-state index in [-0.39, 0.29) is 32.7 Å². The Morgan fingerprint density at radius 1 is 0.345 bits per heavy atom. The van der Waals surface area contributed by atoms with Crippen LogP contribution in [0.5, 0.6) is 0 Å². The molecule has 0 radical (unpaired) electrons. The maximum atomic E-state index is 12.9. The Kier molecular flexibility index (Phi) is 62.5. The SMILES string of the molecule is CC/C=C\C/C=C\C/C=C\C/C=C\C/C=C\C/C=C\C/C=C\CCCCCCCCCCCCCCCCCCCC(=O)OC(COC(=O)CCC/C=C\C/C=C\C/C=C\C/C=C\C/C=C\C/C=C\C/C=C\CC)COC(OCC[N+](C)(C)C)C(=O)O. The number of carboxylic acid groups (broad SMARTS) is 1. The van der Waals surface area contributed by atoms with Gasteiger partial charge in [0.1, 0.15) is 13.2 Å². The molecule has 490 valence electrons. The van der Waals surface area contributed by atoms with Gasteiger partial charge in [0.2, 0.25) is 0 Å². The van der Waals surface area contributed by atoms with Crippen molar-refractivity contribution in [3.8, 4) is 0 Å². The number of hydrogen-bond donors (Lipinski definition) is 1. The predicted molar refractivity (Wildman–Crippen MR) is 373 cm³/mol. The summed E-state index contributed by atoms with van der Waals surface area (Å²) in [4.78, 5) is 37.6. The average molecular weight is 1210 g/mol. The van der Waals surface area contributed by atoms with Crippen LogP contribution in [0, 0.1) is 0 Å². The molecule has 0 bridgehead atoms. The molecule has 0 saturated carbocycles. The van der Waals surface area contributed by atoms with Gasteiger partial charge in [0.25, 0.3) is 6.29 Å². The van der Waals surface area contributed by atoms with Crippen LogP contribution in [-0.4, -0.2) is 87.4 Å². The summed E-state index contributed by atoms with van der Waals surface area (Å²) in [7, 11) is 5.95. The lowest BCUT2D eigenvalue weighted by Gasteiger charge is -2.25. The van der Waals surface area contributed by atoms with Crippen LogP contribution in [0.4, 0.5) is 0 Å². The van der Waals surface area contributed by atoms with Crippen molar-refractivity contribution in [2.75, 3.05) is 47.5 Å². The lowest BCUT2D eigenvalue weighted by atomic mass is 10.0. The number of aliphatic carboxylic acids is 1. The Morgan fingerprint density at radius 3 is 0.954 bits per heavy atom. The zero-order valence-corrected chi connectivity index (χ0v) is 55.9. The molecular weight excluding hydrogens is 1080 g/mol. The molecule has 2 unspecified atom stereocenters. The van der Waals surface area contributed by atoms with Crippen molar-refractivity contribution in [2.45, 2.75) is 257 Å². The number of carboxylic acids is 1. The number of rotatable bonds is 61. The maximum Gasteiger partial charge on any atom is 0.361 e. The minimum absolute atomic E-state index is 0.171. The standard InChI is InChI=1S/C78H125NO8/c1-6-8-10-12-14-16-18-20-22-24-26-28-30-31-32-33-34-35-36-37-38-39-40-41-42-43-44-45-47-49-51-53-55-57-59-61-63-65-67-69-76(81)87-74(73-86-78(77(82)83)84-71-70-79(3,4)5)72-85-75(80)68-66-64-62-60-58-56-54-52-50-48-46-29-27-25-23-21-19-17-15-13-11-9-7-2/h8-11,14-17,20-23,26-29,31-32,34-35,37-38,48,50,54,56,60,62,74,78H,6-7,12-13,18-19,24-25,30,33,36,39-47,49,51-53,55,57-59,61,63-73H2,1-5H3/p+1/b10-8-,11-9-,16-14-,17-15-,22-20-,23-21-,28-26-,29-27-,32-31-,35-34-,38-37-,50-48-,56-54-,62-60-. The first-order valence-corrected chi connectivity index (χ1v) is 34.3. The molecule has 87 heavy (non-hydrogen) atoms. The second-order valence-electron chi connectivity index (χ2n) is 23.4. The van der Waals surface area contributed by atoms with Gasteiger partial charge in [-0.3, -0.25) is 9.59 Å². The topological polar surface area (TPSA) is 108 Å². The fourth-order valence-electron chi connectivity index (χ4n) is 8.81. The van der Waals surface area contributed by atoms with Crippen molar-refractivity contribution in [1.29, 1.82) is 0 Å². The molecule has 9 nitrogen and oxygen atoms in total. The number of ether oxygens (including phenoxy) is 4. The molecule has 0 aromatic heterocycles. The molecule has 0 amide bonds. The molecule has 0 spiro atoms. The first kappa shape index (κ1) is 81.7. The Balaban J connectivity index is 4.17. The quantitative estimate of drug-likeness (QED) is 0.0211. The third kappa shape index (κ3) is 68.0. The zero-order chi connectivity index (χ0) is 63.3. The predicted octanol–water partition coefficient (Wildman–Crippen LogP) is 21.5. The summed E-state index contributed by atoms with van der Waals surface area (Å²) in [5.41, 5.74) is 0. The van der Waals surface area contributed by atoms with Gasteiger partial charge in [-0.2, -0.15) is 0 Å². The van der Waals surface area contributed by atoms with Crippen molar-refractivity contribution in [3.05, 3.63) is 170 Å².